The number of aliphatic hydroxyl groups excluding tert-OH is 1. The first-order chi connectivity index (χ1) is 4.77. The zero-order chi connectivity index (χ0) is 7.56. The maximum absolute atomic E-state index is 11.9. The van der Waals surface area contributed by atoms with E-state index in [1.807, 2.05) is 11.9 Å². The van der Waals surface area contributed by atoms with E-state index >= 15 is 0 Å². The fourth-order valence-corrected chi connectivity index (χ4v) is 1.26. The molecule has 0 aromatic heterocycles. The maximum atomic E-state index is 11.9. The van der Waals surface area contributed by atoms with Gasteiger partial charge in [0.05, 0.1) is 12.9 Å². The number of hydrogen-bond donors (Lipinski definition) is 1. The molecule has 0 aromatic rings. The van der Waals surface area contributed by atoms with Crippen molar-refractivity contribution in [2.75, 3.05) is 20.2 Å². The van der Waals surface area contributed by atoms with Crippen LogP contribution in [0.1, 0.15) is 6.42 Å². The van der Waals surface area contributed by atoms with Gasteiger partial charge in [-0.15, -0.1) is 0 Å². The molecule has 1 aliphatic heterocycles. The molecule has 2 nitrogen and oxygen atoms in total. The number of aliphatic hydroxyl groups is 1. The predicted molar refractivity (Wildman–Crippen MR) is 37.3 cm³/mol. The van der Waals surface area contributed by atoms with E-state index in [2.05, 4.69) is 0 Å². The van der Waals surface area contributed by atoms with Gasteiger partial charge in [0.1, 0.15) is 0 Å². The van der Waals surface area contributed by atoms with Gasteiger partial charge in [-0.25, -0.2) is 4.39 Å². The lowest BCUT2D eigenvalue weighted by atomic mass is 10.2. The fourth-order valence-electron chi connectivity index (χ4n) is 1.26. The summed E-state index contributed by atoms with van der Waals surface area (Å²) in [5.41, 5.74) is 0.779. The molecule has 1 atom stereocenters. The molecule has 1 aliphatic rings. The highest BCUT2D eigenvalue weighted by Crippen LogP contribution is 2.19. The topological polar surface area (TPSA) is 23.5 Å². The van der Waals surface area contributed by atoms with E-state index in [0.29, 0.717) is 19.3 Å². The summed E-state index contributed by atoms with van der Waals surface area (Å²) in [5.74, 6) is 0. The van der Waals surface area contributed by atoms with Crippen LogP contribution in [-0.2, 0) is 0 Å². The summed E-state index contributed by atoms with van der Waals surface area (Å²) in [7, 11) is 1.89. The van der Waals surface area contributed by atoms with Crippen LogP contribution >= 0.6 is 0 Å². The van der Waals surface area contributed by atoms with Crippen LogP contribution in [-0.4, -0.2) is 36.2 Å². The van der Waals surface area contributed by atoms with Gasteiger partial charge < -0.3 is 5.11 Å². The van der Waals surface area contributed by atoms with Crippen molar-refractivity contribution in [2.45, 2.75) is 12.5 Å². The first-order valence-electron chi connectivity index (χ1n) is 3.37. The quantitative estimate of drug-likeness (QED) is 0.582. The summed E-state index contributed by atoms with van der Waals surface area (Å²) >= 11 is 0. The highest BCUT2D eigenvalue weighted by Gasteiger charge is 2.23. The van der Waals surface area contributed by atoms with Gasteiger partial charge in [-0.3, -0.25) is 4.90 Å². The number of hydrogen-bond acceptors (Lipinski definition) is 2. The van der Waals surface area contributed by atoms with Gasteiger partial charge in [-0.1, -0.05) is 0 Å². The van der Waals surface area contributed by atoms with Crippen LogP contribution in [0.25, 0.3) is 0 Å². The van der Waals surface area contributed by atoms with Crippen LogP contribution in [0.4, 0.5) is 4.39 Å². The smallest absolute Gasteiger partial charge is 0.0872 e. The highest BCUT2D eigenvalue weighted by molar-refractivity contribution is 5.09. The summed E-state index contributed by atoms with van der Waals surface area (Å²) in [6.45, 7) is 0.773. The van der Waals surface area contributed by atoms with Crippen LogP contribution < -0.4 is 0 Å². The minimum absolute atomic E-state index is 0.119. The van der Waals surface area contributed by atoms with Gasteiger partial charge in [-0.2, -0.15) is 0 Å². The van der Waals surface area contributed by atoms with Gasteiger partial charge in [0.2, 0.25) is 0 Å². The Bertz CT molecular complexity index is 147. The second-order valence-corrected chi connectivity index (χ2v) is 2.72. The fraction of sp³-hybridized carbons (Fsp3) is 0.714. The Labute approximate surface area is 60.0 Å². The van der Waals surface area contributed by atoms with Gasteiger partial charge >= 0.3 is 0 Å². The predicted octanol–water partition coefficient (Wildman–Crippen LogP) is 0.536. The third-order valence-electron chi connectivity index (χ3n) is 1.94. The van der Waals surface area contributed by atoms with Crippen LogP contribution in [0.2, 0.25) is 0 Å². The van der Waals surface area contributed by atoms with Gasteiger partial charge in [-0.05, 0) is 19.0 Å². The Morgan fingerprint density at radius 3 is 2.90 bits per heavy atom. The zero-order valence-corrected chi connectivity index (χ0v) is 6.05. The van der Waals surface area contributed by atoms with E-state index in [4.69, 9.17) is 5.11 Å². The minimum Gasteiger partial charge on any atom is -0.395 e. The SMILES string of the molecule is CN1CC(=CF)C[C@H]1CO. The number of likely N-dealkylation sites (tertiary alicyclic amines) is 1. The first-order valence-corrected chi connectivity index (χ1v) is 3.37. The molecule has 1 heterocycles. The Morgan fingerprint density at radius 2 is 2.60 bits per heavy atom. The van der Waals surface area contributed by atoms with E-state index in [-0.39, 0.29) is 12.6 Å². The molecule has 0 aromatic carbocycles. The van der Waals surface area contributed by atoms with E-state index in [0.717, 1.165) is 5.57 Å². The standard InChI is InChI=1S/C7H12FNO/c1-9-4-6(3-8)2-7(9)5-10/h3,7,10H,2,4-5H2,1H3/t7-/m0/s1. The van der Waals surface area contributed by atoms with E-state index < -0.39 is 0 Å². The molecule has 1 rings (SSSR count). The summed E-state index contributed by atoms with van der Waals surface area (Å²) in [6.07, 6.45) is 1.32. The van der Waals surface area contributed by atoms with Crippen LogP contribution in [0.3, 0.4) is 0 Å². The third-order valence-corrected chi connectivity index (χ3v) is 1.94. The Balaban J connectivity index is 2.52. The van der Waals surface area contributed by atoms with Crippen molar-refractivity contribution in [3.05, 3.63) is 11.9 Å². The molecule has 0 bridgehead atoms. The van der Waals surface area contributed by atoms with Gasteiger partial charge in [0, 0.05) is 12.6 Å². The maximum Gasteiger partial charge on any atom is 0.0872 e. The number of likely N-dealkylation sites (N-methyl/N-ethyl adjacent to an activating group) is 1. The molecule has 1 saturated heterocycles. The molecule has 1 fully saturated rings. The van der Waals surface area contributed by atoms with E-state index in [1.54, 1.807) is 0 Å². The molecule has 0 amide bonds. The Kier molecular flexibility index (Phi) is 2.40. The van der Waals surface area contributed by atoms with Crippen molar-refractivity contribution >= 4 is 0 Å². The Hall–Kier alpha value is -0.410. The second kappa shape index (κ2) is 3.12. The first kappa shape index (κ1) is 7.69. The molecular formula is C7H12FNO. The van der Waals surface area contributed by atoms with Crippen LogP contribution in [0.5, 0.6) is 0 Å². The van der Waals surface area contributed by atoms with Crippen molar-refractivity contribution < 1.29 is 9.50 Å². The normalized spacial score (nSPS) is 31.9. The minimum atomic E-state index is 0.119. The molecule has 10 heavy (non-hydrogen) atoms. The Morgan fingerprint density at radius 1 is 1.90 bits per heavy atom. The largest absolute Gasteiger partial charge is 0.395 e. The molecule has 1 N–H and O–H groups in total. The monoisotopic (exact) mass is 145 g/mol. The second-order valence-electron chi connectivity index (χ2n) is 2.72. The number of nitrogens with zero attached hydrogens (tertiary/aromatic N) is 1. The van der Waals surface area contributed by atoms with E-state index in [1.165, 1.54) is 0 Å². The average Bonchev–Trinajstić information content (AvgIpc) is 2.30. The van der Waals surface area contributed by atoms with Gasteiger partial charge in [0.25, 0.3) is 0 Å². The number of rotatable bonds is 1. The number of halogens is 1. The molecule has 3 heteroatoms. The average molecular weight is 145 g/mol. The lowest BCUT2D eigenvalue weighted by Gasteiger charge is -2.14. The lowest BCUT2D eigenvalue weighted by Crippen LogP contribution is -2.27. The van der Waals surface area contributed by atoms with Crippen molar-refractivity contribution in [3.8, 4) is 0 Å². The zero-order valence-electron chi connectivity index (χ0n) is 6.05. The van der Waals surface area contributed by atoms with Crippen molar-refractivity contribution in [1.82, 2.24) is 4.90 Å². The highest BCUT2D eigenvalue weighted by atomic mass is 19.1. The molecule has 0 aliphatic carbocycles. The molecule has 0 unspecified atom stereocenters. The van der Waals surface area contributed by atoms with Crippen molar-refractivity contribution in [1.29, 1.82) is 0 Å². The summed E-state index contributed by atoms with van der Waals surface area (Å²) < 4.78 is 11.9. The molecular weight excluding hydrogens is 133 g/mol. The van der Waals surface area contributed by atoms with Crippen molar-refractivity contribution in [2.24, 2.45) is 0 Å². The molecule has 0 radical (unpaired) electrons. The van der Waals surface area contributed by atoms with Crippen LogP contribution in [0.15, 0.2) is 11.9 Å². The summed E-state index contributed by atoms with van der Waals surface area (Å²) in [6, 6.07) is 0.127. The third kappa shape index (κ3) is 1.36. The van der Waals surface area contributed by atoms with Crippen molar-refractivity contribution in [3.63, 3.8) is 0 Å². The summed E-state index contributed by atoms with van der Waals surface area (Å²) in [5, 5.41) is 8.76. The molecule has 0 spiro atoms. The summed E-state index contributed by atoms with van der Waals surface area (Å²) in [4.78, 5) is 1.95. The van der Waals surface area contributed by atoms with Crippen LogP contribution in [0, 0.1) is 0 Å². The van der Waals surface area contributed by atoms with E-state index in [9.17, 15) is 4.39 Å². The lowest BCUT2D eigenvalue weighted by molar-refractivity contribution is 0.182. The molecule has 58 valence electrons. The molecule has 0 saturated carbocycles. The van der Waals surface area contributed by atoms with Gasteiger partial charge in [0.15, 0.2) is 0 Å².